The van der Waals surface area contributed by atoms with Gasteiger partial charge in [-0.1, -0.05) is 0 Å². The Balaban J connectivity index is 2.12. The minimum atomic E-state index is -1.01. The minimum Gasteiger partial charge on any atom is -0.493 e. The Morgan fingerprint density at radius 3 is 2.74 bits per heavy atom. The van der Waals surface area contributed by atoms with E-state index < -0.39 is 5.97 Å². The van der Waals surface area contributed by atoms with Crippen LogP contribution in [0.1, 0.15) is 29.6 Å². The van der Waals surface area contributed by atoms with Gasteiger partial charge in [0.1, 0.15) is 0 Å². The molecule has 1 aromatic carbocycles. The molecule has 0 heterocycles. The van der Waals surface area contributed by atoms with Gasteiger partial charge in [-0.05, 0) is 31.0 Å². The largest absolute Gasteiger partial charge is 0.493 e. The highest BCUT2D eigenvalue weighted by atomic mass is 16.5. The number of hydrogen-bond donors (Lipinski definition) is 1. The van der Waals surface area contributed by atoms with Gasteiger partial charge in [-0.2, -0.15) is 5.26 Å². The predicted octanol–water partition coefficient (Wildman–Crippen LogP) is 2.47. The molecule has 1 fully saturated rings. The third-order valence-electron chi connectivity index (χ3n) is 3.36. The van der Waals surface area contributed by atoms with E-state index >= 15 is 0 Å². The zero-order valence-corrected chi connectivity index (χ0v) is 10.7. The monoisotopic (exact) mass is 261 g/mol. The molecule has 1 saturated carbocycles. The molecule has 5 nitrogen and oxygen atoms in total. The van der Waals surface area contributed by atoms with E-state index in [1.807, 2.05) is 0 Å². The Kier molecular flexibility index (Phi) is 3.61. The topological polar surface area (TPSA) is 79.6 Å². The Morgan fingerprint density at radius 1 is 1.47 bits per heavy atom. The zero-order chi connectivity index (χ0) is 13.9. The van der Waals surface area contributed by atoms with Gasteiger partial charge < -0.3 is 14.6 Å². The number of carboxylic acids is 1. The second-order valence-electron chi connectivity index (χ2n) is 4.79. The van der Waals surface area contributed by atoms with Crippen molar-refractivity contribution < 1.29 is 19.4 Å². The van der Waals surface area contributed by atoms with Crippen LogP contribution in [0.3, 0.4) is 0 Å². The second-order valence-corrected chi connectivity index (χ2v) is 4.79. The van der Waals surface area contributed by atoms with Gasteiger partial charge in [-0.15, -0.1) is 0 Å². The lowest BCUT2D eigenvalue weighted by Gasteiger charge is -2.15. The number of nitriles is 1. The highest BCUT2D eigenvalue weighted by molar-refractivity contribution is 5.88. The fourth-order valence-corrected chi connectivity index (χ4v) is 1.87. The molecule has 0 radical (unpaired) electrons. The molecule has 0 saturated heterocycles. The van der Waals surface area contributed by atoms with Crippen molar-refractivity contribution >= 4 is 5.97 Å². The summed E-state index contributed by atoms with van der Waals surface area (Å²) in [5, 5.41) is 17.7. The highest BCUT2D eigenvalue weighted by Crippen LogP contribution is 2.49. The van der Waals surface area contributed by atoms with E-state index in [2.05, 4.69) is 6.07 Å². The van der Waals surface area contributed by atoms with Crippen molar-refractivity contribution in [3.63, 3.8) is 0 Å². The summed E-state index contributed by atoms with van der Waals surface area (Å²) < 4.78 is 10.8. The summed E-state index contributed by atoms with van der Waals surface area (Å²) in [6, 6.07) is 6.65. The van der Waals surface area contributed by atoms with Crippen molar-refractivity contribution in [1.82, 2.24) is 0 Å². The molecule has 5 heteroatoms. The fourth-order valence-electron chi connectivity index (χ4n) is 1.87. The molecule has 1 aliphatic rings. The number of hydrogen-bond acceptors (Lipinski definition) is 4. The van der Waals surface area contributed by atoms with E-state index in [0.29, 0.717) is 24.5 Å². The summed E-state index contributed by atoms with van der Waals surface area (Å²) in [6.45, 7) is 0.417. The molecule has 0 atom stereocenters. The number of rotatable bonds is 6. The van der Waals surface area contributed by atoms with Crippen LogP contribution in [0.4, 0.5) is 0 Å². The molecule has 1 aliphatic carbocycles. The predicted molar refractivity (Wildman–Crippen MR) is 67.3 cm³/mol. The van der Waals surface area contributed by atoms with Gasteiger partial charge in [0.15, 0.2) is 11.5 Å². The van der Waals surface area contributed by atoms with Crippen molar-refractivity contribution in [2.75, 3.05) is 13.7 Å². The Bertz CT molecular complexity index is 529. The number of aromatic carboxylic acids is 1. The molecule has 0 aliphatic heterocycles. The van der Waals surface area contributed by atoms with E-state index in [0.717, 1.165) is 12.8 Å². The van der Waals surface area contributed by atoms with Crippen molar-refractivity contribution in [3.8, 4) is 17.6 Å². The standard InChI is InChI=1S/C14H15NO4/c1-18-11-3-2-10(13(16)17)8-12(11)19-9-14(4-5-14)6-7-15/h2-3,8H,4-6,9H2,1H3,(H,16,17). The number of nitrogens with zero attached hydrogens (tertiary/aromatic N) is 1. The van der Waals surface area contributed by atoms with Gasteiger partial charge in [0.2, 0.25) is 0 Å². The number of methoxy groups -OCH3 is 1. The molecule has 19 heavy (non-hydrogen) atoms. The minimum absolute atomic E-state index is 0.0566. The van der Waals surface area contributed by atoms with Gasteiger partial charge in [0.25, 0.3) is 0 Å². The lowest BCUT2D eigenvalue weighted by molar-refractivity contribution is 0.0696. The molecular formula is C14H15NO4. The number of ether oxygens (including phenoxy) is 2. The van der Waals surface area contributed by atoms with Crippen molar-refractivity contribution in [2.24, 2.45) is 5.41 Å². The van der Waals surface area contributed by atoms with Crippen LogP contribution in [0.5, 0.6) is 11.5 Å². The molecule has 2 rings (SSSR count). The maximum absolute atomic E-state index is 10.9. The third kappa shape index (κ3) is 2.97. The molecule has 0 unspecified atom stereocenters. The van der Waals surface area contributed by atoms with Crippen molar-refractivity contribution in [2.45, 2.75) is 19.3 Å². The summed E-state index contributed by atoms with van der Waals surface area (Å²) in [6.07, 6.45) is 2.41. The maximum Gasteiger partial charge on any atom is 0.335 e. The van der Waals surface area contributed by atoms with Crippen LogP contribution in [0.25, 0.3) is 0 Å². The third-order valence-corrected chi connectivity index (χ3v) is 3.36. The Morgan fingerprint density at radius 2 is 2.21 bits per heavy atom. The average molecular weight is 261 g/mol. The smallest absolute Gasteiger partial charge is 0.335 e. The first kappa shape index (κ1) is 13.2. The summed E-state index contributed by atoms with van der Waals surface area (Å²) in [5.41, 5.74) is 0.0971. The Hall–Kier alpha value is -2.22. The van der Waals surface area contributed by atoms with E-state index in [1.54, 1.807) is 6.07 Å². The second kappa shape index (κ2) is 5.19. The Labute approximate surface area is 111 Å². The van der Waals surface area contributed by atoms with Gasteiger partial charge in [0, 0.05) is 11.8 Å². The van der Waals surface area contributed by atoms with Gasteiger partial charge in [0.05, 0.1) is 25.3 Å². The zero-order valence-electron chi connectivity index (χ0n) is 10.7. The lowest BCUT2D eigenvalue weighted by atomic mass is 10.1. The van der Waals surface area contributed by atoms with E-state index in [-0.39, 0.29) is 11.0 Å². The van der Waals surface area contributed by atoms with Crippen molar-refractivity contribution in [1.29, 1.82) is 5.26 Å². The number of benzene rings is 1. The van der Waals surface area contributed by atoms with Crippen LogP contribution in [0.15, 0.2) is 18.2 Å². The number of carbonyl (C=O) groups is 1. The molecule has 0 spiro atoms. The van der Waals surface area contributed by atoms with Gasteiger partial charge >= 0.3 is 5.97 Å². The molecular weight excluding hydrogens is 246 g/mol. The quantitative estimate of drug-likeness (QED) is 0.850. The van der Waals surface area contributed by atoms with Gasteiger partial charge in [-0.3, -0.25) is 0 Å². The number of carboxylic acid groups (broad SMARTS) is 1. The SMILES string of the molecule is COc1ccc(C(=O)O)cc1OCC1(CC#N)CC1. The summed E-state index contributed by atoms with van der Waals surface area (Å²) >= 11 is 0. The van der Waals surface area contributed by atoms with Crippen LogP contribution in [-0.4, -0.2) is 24.8 Å². The van der Waals surface area contributed by atoms with Crippen LogP contribution in [-0.2, 0) is 0 Å². The maximum atomic E-state index is 10.9. The molecule has 1 N–H and O–H groups in total. The van der Waals surface area contributed by atoms with E-state index in [1.165, 1.54) is 19.2 Å². The lowest BCUT2D eigenvalue weighted by Crippen LogP contribution is -2.13. The molecule has 0 aromatic heterocycles. The van der Waals surface area contributed by atoms with Gasteiger partial charge in [-0.25, -0.2) is 4.79 Å². The average Bonchev–Trinajstić information content (AvgIpc) is 3.16. The first-order valence-corrected chi connectivity index (χ1v) is 6.01. The van der Waals surface area contributed by atoms with Crippen LogP contribution in [0, 0.1) is 16.7 Å². The summed E-state index contributed by atoms with van der Waals surface area (Å²) in [5.74, 6) is -0.102. The molecule has 1 aromatic rings. The van der Waals surface area contributed by atoms with Crippen LogP contribution >= 0.6 is 0 Å². The fraction of sp³-hybridized carbons (Fsp3) is 0.429. The highest BCUT2D eigenvalue weighted by Gasteiger charge is 2.43. The van der Waals surface area contributed by atoms with Crippen molar-refractivity contribution in [3.05, 3.63) is 23.8 Å². The first-order chi connectivity index (χ1) is 9.10. The molecule has 100 valence electrons. The van der Waals surface area contributed by atoms with E-state index in [9.17, 15) is 4.79 Å². The summed E-state index contributed by atoms with van der Waals surface area (Å²) in [7, 11) is 1.50. The molecule has 0 bridgehead atoms. The molecule has 0 amide bonds. The van der Waals surface area contributed by atoms with E-state index in [4.69, 9.17) is 19.8 Å². The normalized spacial score (nSPS) is 15.4. The first-order valence-electron chi connectivity index (χ1n) is 6.01. The summed E-state index contributed by atoms with van der Waals surface area (Å²) in [4.78, 5) is 10.9. The van der Waals surface area contributed by atoms with Crippen LogP contribution in [0.2, 0.25) is 0 Å². The van der Waals surface area contributed by atoms with Crippen LogP contribution < -0.4 is 9.47 Å².